The number of nitrogens with one attached hydrogen (secondary N) is 1. The summed E-state index contributed by atoms with van der Waals surface area (Å²) in [5.41, 5.74) is 1.03. The van der Waals surface area contributed by atoms with E-state index in [0.29, 0.717) is 17.5 Å². The molecule has 0 radical (unpaired) electrons. The summed E-state index contributed by atoms with van der Waals surface area (Å²) in [4.78, 5) is 0.400. The van der Waals surface area contributed by atoms with Crippen LogP contribution >= 0.6 is 0 Å². The highest BCUT2D eigenvalue weighted by Gasteiger charge is 2.22. The molecule has 1 saturated carbocycles. The predicted octanol–water partition coefficient (Wildman–Crippen LogP) is 2.75. The van der Waals surface area contributed by atoms with Gasteiger partial charge in [-0.2, -0.15) is 0 Å². The van der Waals surface area contributed by atoms with Crippen LogP contribution in [-0.2, 0) is 16.6 Å². The number of hydrogen-bond donors (Lipinski definition) is 1. The third-order valence-corrected chi connectivity index (χ3v) is 5.71. The fraction of sp³-hybridized carbons (Fsp3) is 0.625. The molecule has 0 unspecified atom stereocenters. The van der Waals surface area contributed by atoms with Gasteiger partial charge in [-0.3, -0.25) is 0 Å². The van der Waals surface area contributed by atoms with E-state index in [-0.39, 0.29) is 0 Å². The van der Waals surface area contributed by atoms with E-state index in [1.54, 1.807) is 19.2 Å². The minimum Gasteiger partial charge on any atom is -0.310 e. The van der Waals surface area contributed by atoms with E-state index in [4.69, 9.17) is 0 Å². The quantitative estimate of drug-likeness (QED) is 0.714. The minimum atomic E-state index is -3.36. The number of unbranched alkanes of at least 4 members (excludes halogenated alkanes) is 2. The molecule has 4 nitrogen and oxygen atoms in total. The van der Waals surface area contributed by atoms with E-state index in [1.165, 1.54) is 17.1 Å². The van der Waals surface area contributed by atoms with Crippen molar-refractivity contribution in [3.05, 3.63) is 29.8 Å². The lowest BCUT2D eigenvalue weighted by atomic mass is 10.2. The Kier molecular flexibility index (Phi) is 5.79. The van der Waals surface area contributed by atoms with Crippen LogP contribution in [0.2, 0.25) is 0 Å². The van der Waals surface area contributed by atoms with Crippen LogP contribution in [-0.4, -0.2) is 32.4 Å². The molecule has 0 saturated heterocycles. The number of rotatable bonds is 9. The Hall–Kier alpha value is -0.910. The van der Waals surface area contributed by atoms with Gasteiger partial charge in [-0.05, 0) is 37.0 Å². The average Bonchev–Trinajstić information content (AvgIpc) is 3.30. The summed E-state index contributed by atoms with van der Waals surface area (Å²) in [6.45, 7) is 3.44. The molecule has 0 aliphatic heterocycles. The molecule has 1 fully saturated rings. The van der Waals surface area contributed by atoms with E-state index in [9.17, 15) is 8.42 Å². The van der Waals surface area contributed by atoms with Crippen LogP contribution in [0.4, 0.5) is 0 Å². The standard InChI is InChI=1S/C16H26N2O2S/c1-3-4-5-11-18(2)21(19,20)16-8-6-7-14(12-16)13-17-15-9-10-15/h6-8,12,15,17H,3-5,9-11,13H2,1-2H3. The second kappa shape index (κ2) is 7.38. The molecule has 1 aromatic carbocycles. The van der Waals surface area contributed by atoms with Crippen molar-refractivity contribution >= 4 is 10.0 Å². The molecule has 0 heterocycles. The topological polar surface area (TPSA) is 49.4 Å². The lowest BCUT2D eigenvalue weighted by Gasteiger charge is -2.17. The van der Waals surface area contributed by atoms with E-state index in [2.05, 4.69) is 12.2 Å². The summed E-state index contributed by atoms with van der Waals surface area (Å²) in [6, 6.07) is 7.91. The van der Waals surface area contributed by atoms with Gasteiger partial charge < -0.3 is 5.32 Å². The minimum absolute atomic E-state index is 0.400. The fourth-order valence-electron chi connectivity index (χ4n) is 2.25. The van der Waals surface area contributed by atoms with Gasteiger partial charge in [-0.15, -0.1) is 0 Å². The van der Waals surface area contributed by atoms with Gasteiger partial charge in [-0.25, -0.2) is 12.7 Å². The predicted molar refractivity (Wildman–Crippen MR) is 85.6 cm³/mol. The summed E-state index contributed by atoms with van der Waals surface area (Å²) < 4.78 is 26.5. The summed E-state index contributed by atoms with van der Waals surface area (Å²) in [7, 11) is -1.69. The Balaban J connectivity index is 2.01. The van der Waals surface area contributed by atoms with Crippen LogP contribution in [0.5, 0.6) is 0 Å². The van der Waals surface area contributed by atoms with Crippen LogP contribution in [0.25, 0.3) is 0 Å². The number of nitrogens with zero attached hydrogens (tertiary/aromatic N) is 1. The lowest BCUT2D eigenvalue weighted by molar-refractivity contribution is 0.454. The summed E-state index contributed by atoms with van der Waals surface area (Å²) in [5, 5.41) is 3.41. The van der Waals surface area contributed by atoms with Crippen molar-refractivity contribution in [3.63, 3.8) is 0 Å². The highest BCUT2D eigenvalue weighted by atomic mass is 32.2. The molecule has 21 heavy (non-hydrogen) atoms. The number of benzene rings is 1. The smallest absolute Gasteiger partial charge is 0.242 e. The van der Waals surface area contributed by atoms with Gasteiger partial charge in [0.05, 0.1) is 4.90 Å². The van der Waals surface area contributed by atoms with Crippen LogP contribution < -0.4 is 5.32 Å². The maximum Gasteiger partial charge on any atom is 0.242 e. The van der Waals surface area contributed by atoms with Crippen molar-refractivity contribution in [1.82, 2.24) is 9.62 Å². The molecular formula is C16H26N2O2S. The second-order valence-corrected chi connectivity index (χ2v) is 7.88. The zero-order valence-electron chi connectivity index (χ0n) is 13.0. The SMILES string of the molecule is CCCCCN(C)S(=O)(=O)c1cccc(CNC2CC2)c1. The van der Waals surface area contributed by atoms with Gasteiger partial charge in [0.25, 0.3) is 0 Å². The van der Waals surface area contributed by atoms with Gasteiger partial charge in [0.2, 0.25) is 10.0 Å². The van der Waals surface area contributed by atoms with Crippen molar-refractivity contribution in [2.45, 2.75) is 56.5 Å². The first-order valence-electron chi connectivity index (χ1n) is 7.82. The van der Waals surface area contributed by atoms with Crippen molar-refractivity contribution in [1.29, 1.82) is 0 Å². The van der Waals surface area contributed by atoms with Crippen molar-refractivity contribution < 1.29 is 8.42 Å². The average molecular weight is 310 g/mol. The normalized spacial score (nSPS) is 15.6. The van der Waals surface area contributed by atoms with Crippen molar-refractivity contribution in [2.24, 2.45) is 0 Å². The van der Waals surface area contributed by atoms with Crippen LogP contribution in [0, 0.1) is 0 Å². The van der Waals surface area contributed by atoms with Gasteiger partial charge in [0, 0.05) is 26.2 Å². The van der Waals surface area contributed by atoms with Crippen LogP contribution in [0.15, 0.2) is 29.2 Å². The zero-order valence-corrected chi connectivity index (χ0v) is 13.8. The largest absolute Gasteiger partial charge is 0.310 e. The van der Waals surface area contributed by atoms with Crippen molar-refractivity contribution in [3.8, 4) is 0 Å². The van der Waals surface area contributed by atoms with E-state index >= 15 is 0 Å². The molecule has 0 atom stereocenters. The third-order valence-electron chi connectivity index (χ3n) is 3.86. The molecular weight excluding hydrogens is 284 g/mol. The Bertz CT molecular complexity index is 553. The molecule has 5 heteroatoms. The highest BCUT2D eigenvalue weighted by molar-refractivity contribution is 7.89. The molecule has 0 spiro atoms. The first kappa shape index (κ1) is 16.5. The molecule has 1 aliphatic rings. The lowest BCUT2D eigenvalue weighted by Crippen LogP contribution is -2.28. The fourth-order valence-corrected chi connectivity index (χ4v) is 3.53. The van der Waals surface area contributed by atoms with Crippen molar-refractivity contribution in [2.75, 3.05) is 13.6 Å². The first-order valence-corrected chi connectivity index (χ1v) is 9.26. The summed E-state index contributed by atoms with van der Waals surface area (Å²) >= 11 is 0. The summed E-state index contributed by atoms with van der Waals surface area (Å²) in [6.07, 6.45) is 5.53. The Morgan fingerprint density at radius 2 is 2.05 bits per heavy atom. The molecule has 1 N–H and O–H groups in total. The molecule has 1 aliphatic carbocycles. The number of sulfonamides is 1. The maximum atomic E-state index is 12.5. The van der Waals surface area contributed by atoms with E-state index < -0.39 is 10.0 Å². The Labute approximate surface area is 128 Å². The molecule has 0 amide bonds. The van der Waals surface area contributed by atoms with Gasteiger partial charge >= 0.3 is 0 Å². The molecule has 0 aromatic heterocycles. The van der Waals surface area contributed by atoms with E-state index in [0.717, 1.165) is 31.4 Å². The van der Waals surface area contributed by atoms with Crippen LogP contribution in [0.3, 0.4) is 0 Å². The molecule has 1 aromatic rings. The zero-order chi connectivity index (χ0) is 15.3. The van der Waals surface area contributed by atoms with Gasteiger partial charge in [-0.1, -0.05) is 31.9 Å². The molecule has 0 bridgehead atoms. The van der Waals surface area contributed by atoms with Gasteiger partial charge in [0.1, 0.15) is 0 Å². The Morgan fingerprint density at radius 1 is 1.29 bits per heavy atom. The monoisotopic (exact) mass is 310 g/mol. The van der Waals surface area contributed by atoms with E-state index in [1.807, 2.05) is 12.1 Å². The second-order valence-electron chi connectivity index (χ2n) is 5.84. The third kappa shape index (κ3) is 4.80. The highest BCUT2D eigenvalue weighted by Crippen LogP contribution is 2.20. The van der Waals surface area contributed by atoms with Gasteiger partial charge in [0.15, 0.2) is 0 Å². The molecule has 118 valence electrons. The molecule has 2 rings (SSSR count). The number of hydrogen-bond acceptors (Lipinski definition) is 3. The maximum absolute atomic E-state index is 12.5. The van der Waals surface area contributed by atoms with Crippen LogP contribution in [0.1, 0.15) is 44.6 Å². The first-order chi connectivity index (χ1) is 10.0. The Morgan fingerprint density at radius 3 is 2.71 bits per heavy atom. The summed E-state index contributed by atoms with van der Waals surface area (Å²) in [5.74, 6) is 0.